The predicted octanol–water partition coefficient (Wildman–Crippen LogP) is 4.83. The minimum absolute atomic E-state index is 0.708. The smallest absolute Gasteiger partial charge is 0.131 e. The van der Waals surface area contributed by atoms with Gasteiger partial charge in [-0.05, 0) is 63.2 Å². The number of likely N-dealkylation sites (tertiary alicyclic amines) is 1. The molecule has 0 amide bonds. The minimum atomic E-state index is 0.708. The zero-order chi connectivity index (χ0) is 15.1. The Bertz CT molecular complexity index is 525. The largest absolute Gasteiger partial charge is 0.457 e. The van der Waals surface area contributed by atoms with E-state index < -0.39 is 0 Å². The van der Waals surface area contributed by atoms with E-state index in [-0.39, 0.29) is 0 Å². The van der Waals surface area contributed by atoms with E-state index in [9.17, 15) is 0 Å². The van der Waals surface area contributed by atoms with Gasteiger partial charge in [-0.15, -0.1) is 0 Å². The average molecular weight is 304 g/mol. The molecule has 0 atom stereocenters. The molecule has 1 aromatic rings. The van der Waals surface area contributed by atoms with Crippen LogP contribution in [-0.4, -0.2) is 24.5 Å². The molecule has 112 valence electrons. The number of hydrogen-bond donors (Lipinski definition) is 0. The van der Waals surface area contributed by atoms with Crippen molar-refractivity contribution in [3.8, 4) is 5.75 Å². The van der Waals surface area contributed by atoms with E-state index in [2.05, 4.69) is 17.6 Å². The molecule has 0 saturated carbocycles. The van der Waals surface area contributed by atoms with E-state index >= 15 is 0 Å². The van der Waals surface area contributed by atoms with Crippen LogP contribution >= 0.6 is 11.6 Å². The summed E-state index contributed by atoms with van der Waals surface area (Å²) < 4.78 is 6.01. The van der Waals surface area contributed by atoms with E-state index in [4.69, 9.17) is 16.3 Å². The van der Waals surface area contributed by atoms with Gasteiger partial charge in [0.05, 0.1) is 0 Å². The maximum atomic E-state index is 6.01. The van der Waals surface area contributed by atoms with Crippen LogP contribution in [-0.2, 0) is 0 Å². The summed E-state index contributed by atoms with van der Waals surface area (Å²) in [5.41, 5.74) is 1.19. The van der Waals surface area contributed by atoms with Crippen LogP contribution in [0, 0.1) is 0 Å². The lowest BCUT2D eigenvalue weighted by molar-refractivity contribution is 0.352. The Morgan fingerprint density at radius 1 is 1.29 bits per heavy atom. The standard InChI is InChI=1S/C18H22ClNO/c1-3-7-18(21-17-10-8-16(19)9-11-17)15(4-2)14-20-12-5-6-13-20/h3-4,7-11H,1,5-6,12-14H2,2H3/b15-4-,18-7+. The molecule has 0 spiro atoms. The third-order valence-electron chi connectivity index (χ3n) is 3.57. The molecule has 0 radical (unpaired) electrons. The average Bonchev–Trinajstić information content (AvgIpc) is 3.00. The van der Waals surface area contributed by atoms with Crippen molar-refractivity contribution in [2.45, 2.75) is 19.8 Å². The van der Waals surface area contributed by atoms with Crippen molar-refractivity contribution in [1.29, 1.82) is 0 Å². The molecule has 2 rings (SSSR count). The fourth-order valence-corrected chi connectivity index (χ4v) is 2.56. The van der Waals surface area contributed by atoms with Gasteiger partial charge in [-0.3, -0.25) is 4.90 Å². The van der Waals surface area contributed by atoms with Gasteiger partial charge < -0.3 is 4.74 Å². The summed E-state index contributed by atoms with van der Waals surface area (Å²) in [6.45, 7) is 9.09. The number of hydrogen-bond acceptors (Lipinski definition) is 2. The fourth-order valence-electron chi connectivity index (χ4n) is 2.44. The van der Waals surface area contributed by atoms with Crippen molar-refractivity contribution in [3.63, 3.8) is 0 Å². The fraction of sp³-hybridized carbons (Fsp3) is 0.333. The second-order valence-corrected chi connectivity index (χ2v) is 5.56. The number of nitrogens with zero attached hydrogens (tertiary/aromatic N) is 1. The summed E-state index contributed by atoms with van der Waals surface area (Å²) in [7, 11) is 0. The summed E-state index contributed by atoms with van der Waals surface area (Å²) in [5, 5.41) is 0.708. The summed E-state index contributed by atoms with van der Waals surface area (Å²) >= 11 is 5.91. The SMILES string of the molecule is C=C/C=C(Oc1ccc(Cl)cc1)\C(=C/C)CN1CCCC1. The Morgan fingerprint density at radius 2 is 1.95 bits per heavy atom. The highest BCUT2D eigenvalue weighted by molar-refractivity contribution is 6.30. The number of ether oxygens (including phenoxy) is 1. The van der Waals surface area contributed by atoms with Gasteiger partial charge in [-0.1, -0.05) is 30.3 Å². The van der Waals surface area contributed by atoms with Crippen molar-refractivity contribution >= 4 is 11.6 Å². The Balaban J connectivity index is 2.10. The van der Waals surface area contributed by atoms with Gasteiger partial charge in [0.2, 0.25) is 0 Å². The highest BCUT2D eigenvalue weighted by atomic mass is 35.5. The van der Waals surface area contributed by atoms with Gasteiger partial charge in [0, 0.05) is 17.1 Å². The van der Waals surface area contributed by atoms with Gasteiger partial charge in [0.15, 0.2) is 0 Å². The van der Waals surface area contributed by atoms with Gasteiger partial charge in [0.25, 0.3) is 0 Å². The molecular weight excluding hydrogens is 282 g/mol. The first-order chi connectivity index (χ1) is 10.2. The van der Waals surface area contributed by atoms with Crippen LogP contribution in [0.2, 0.25) is 5.02 Å². The zero-order valence-corrected chi connectivity index (χ0v) is 13.3. The predicted molar refractivity (Wildman–Crippen MR) is 89.8 cm³/mol. The summed E-state index contributed by atoms with van der Waals surface area (Å²) in [6, 6.07) is 7.42. The van der Waals surface area contributed by atoms with Gasteiger partial charge in [-0.2, -0.15) is 0 Å². The van der Waals surface area contributed by atoms with E-state index in [0.29, 0.717) is 5.02 Å². The molecular formula is C18H22ClNO. The van der Waals surface area contributed by atoms with Crippen molar-refractivity contribution in [2.75, 3.05) is 19.6 Å². The second kappa shape index (κ2) is 8.06. The zero-order valence-electron chi connectivity index (χ0n) is 12.5. The third-order valence-corrected chi connectivity index (χ3v) is 3.82. The molecule has 0 aliphatic carbocycles. The molecule has 3 heteroatoms. The second-order valence-electron chi connectivity index (χ2n) is 5.12. The number of benzene rings is 1. The minimum Gasteiger partial charge on any atom is -0.457 e. The summed E-state index contributed by atoms with van der Waals surface area (Å²) in [4.78, 5) is 2.46. The molecule has 0 N–H and O–H groups in total. The van der Waals surface area contributed by atoms with Crippen LogP contribution < -0.4 is 4.74 Å². The Kier molecular flexibility index (Phi) is 6.09. The molecule has 0 unspecified atom stereocenters. The normalized spacial score (nSPS) is 17.0. The third kappa shape index (κ3) is 4.76. The summed E-state index contributed by atoms with van der Waals surface area (Å²) in [6.07, 6.45) is 8.37. The van der Waals surface area contributed by atoms with Crippen LogP contribution in [0.15, 0.2) is 60.4 Å². The molecule has 1 aliphatic heterocycles. The molecule has 1 heterocycles. The van der Waals surface area contributed by atoms with Gasteiger partial charge in [-0.25, -0.2) is 0 Å². The van der Waals surface area contributed by atoms with Crippen LogP contribution in [0.3, 0.4) is 0 Å². The highest BCUT2D eigenvalue weighted by Gasteiger charge is 2.15. The van der Waals surface area contributed by atoms with Crippen LogP contribution in [0.4, 0.5) is 0 Å². The molecule has 1 aliphatic rings. The first kappa shape index (κ1) is 15.9. The van der Waals surface area contributed by atoms with E-state index in [1.165, 1.54) is 31.5 Å². The van der Waals surface area contributed by atoms with Crippen LogP contribution in [0.5, 0.6) is 5.75 Å². The molecule has 1 saturated heterocycles. The number of allylic oxidation sites excluding steroid dienone is 3. The van der Waals surface area contributed by atoms with Crippen LogP contribution in [0.25, 0.3) is 0 Å². The number of halogens is 1. The monoisotopic (exact) mass is 303 g/mol. The first-order valence-corrected chi connectivity index (χ1v) is 7.75. The number of rotatable bonds is 6. The quantitative estimate of drug-likeness (QED) is 0.551. The maximum Gasteiger partial charge on any atom is 0.131 e. The lowest BCUT2D eigenvalue weighted by Crippen LogP contribution is -2.23. The van der Waals surface area contributed by atoms with E-state index in [1.807, 2.05) is 37.3 Å². The van der Waals surface area contributed by atoms with Crippen LogP contribution in [0.1, 0.15) is 19.8 Å². The molecule has 1 fully saturated rings. The van der Waals surface area contributed by atoms with E-state index in [1.54, 1.807) is 6.08 Å². The van der Waals surface area contributed by atoms with Crippen molar-refractivity contribution < 1.29 is 4.74 Å². The molecule has 1 aromatic carbocycles. The molecule has 0 aromatic heterocycles. The van der Waals surface area contributed by atoms with Crippen molar-refractivity contribution in [2.24, 2.45) is 0 Å². The van der Waals surface area contributed by atoms with Gasteiger partial charge in [0.1, 0.15) is 11.5 Å². The molecule has 0 bridgehead atoms. The summed E-state index contributed by atoms with van der Waals surface area (Å²) in [5.74, 6) is 1.63. The topological polar surface area (TPSA) is 12.5 Å². The first-order valence-electron chi connectivity index (χ1n) is 7.37. The Labute approximate surface area is 132 Å². The lowest BCUT2D eigenvalue weighted by Gasteiger charge is -2.19. The molecule has 2 nitrogen and oxygen atoms in total. The Morgan fingerprint density at radius 3 is 2.52 bits per heavy atom. The molecule has 21 heavy (non-hydrogen) atoms. The van der Waals surface area contributed by atoms with E-state index in [0.717, 1.165) is 18.1 Å². The highest BCUT2D eigenvalue weighted by Crippen LogP contribution is 2.22. The maximum absolute atomic E-state index is 6.01. The lowest BCUT2D eigenvalue weighted by atomic mass is 10.1. The van der Waals surface area contributed by atoms with Crippen molar-refractivity contribution in [1.82, 2.24) is 4.90 Å². The van der Waals surface area contributed by atoms with Crippen molar-refractivity contribution in [3.05, 3.63) is 65.4 Å². The Hall–Kier alpha value is -1.51. The van der Waals surface area contributed by atoms with Gasteiger partial charge >= 0.3 is 0 Å².